The van der Waals surface area contributed by atoms with E-state index in [-0.39, 0.29) is 0 Å². The minimum Gasteiger partial charge on any atom is -0.135 e. The van der Waals surface area contributed by atoms with E-state index < -0.39 is 7.92 Å². The van der Waals surface area contributed by atoms with Gasteiger partial charge in [-0.1, -0.05) is 200 Å². The summed E-state index contributed by atoms with van der Waals surface area (Å²) < 4.78 is 2.66. The van der Waals surface area contributed by atoms with Gasteiger partial charge in [0, 0.05) is 20.2 Å². The van der Waals surface area contributed by atoms with Gasteiger partial charge in [-0.15, -0.1) is 11.3 Å². The van der Waals surface area contributed by atoms with E-state index in [9.17, 15) is 0 Å². The fraction of sp³-hybridized carbons (Fsp3) is 0. The van der Waals surface area contributed by atoms with Crippen molar-refractivity contribution in [1.82, 2.24) is 0 Å². The van der Waals surface area contributed by atoms with Gasteiger partial charge >= 0.3 is 0 Å². The molecule has 10 aromatic carbocycles. The van der Waals surface area contributed by atoms with Gasteiger partial charge in [-0.3, -0.25) is 0 Å². The van der Waals surface area contributed by atoms with E-state index in [1.54, 1.807) is 0 Å². The zero-order valence-electron chi connectivity index (χ0n) is 31.6. The van der Waals surface area contributed by atoms with Crippen LogP contribution in [0.25, 0.3) is 97.4 Å². The molecule has 0 unspecified atom stereocenters. The van der Waals surface area contributed by atoms with Crippen LogP contribution in [0, 0.1) is 0 Å². The molecular weight excluding hydrogens is 736 g/mol. The van der Waals surface area contributed by atoms with Crippen molar-refractivity contribution < 1.29 is 0 Å². The SMILES string of the molecule is c1ccc(-c2c3c(c(-c4ccccc4)c4ccccc24)-c2cc4sc5cc(-c6ccc(P(c7ccccc7)c7ccccc7)cc6)ccc5c4c4cccc-3c24)cc1. The third-order valence-electron chi connectivity index (χ3n) is 12.0. The zero-order chi connectivity index (χ0) is 38.2. The maximum Gasteiger partial charge on any atom is 0.0368 e. The molecule has 12 rings (SSSR count). The van der Waals surface area contributed by atoms with Crippen LogP contribution in [-0.4, -0.2) is 0 Å². The third-order valence-corrected chi connectivity index (χ3v) is 15.5. The topological polar surface area (TPSA) is 0 Å². The van der Waals surface area contributed by atoms with Gasteiger partial charge in [0.2, 0.25) is 0 Å². The van der Waals surface area contributed by atoms with Crippen molar-refractivity contribution in [3.63, 3.8) is 0 Å². The van der Waals surface area contributed by atoms with Crippen LogP contribution >= 0.6 is 19.3 Å². The smallest absolute Gasteiger partial charge is 0.0368 e. The zero-order valence-corrected chi connectivity index (χ0v) is 33.3. The Kier molecular flexibility index (Phi) is 7.80. The van der Waals surface area contributed by atoms with E-state index in [0.29, 0.717) is 0 Å². The van der Waals surface area contributed by atoms with Gasteiger partial charge in [-0.25, -0.2) is 0 Å². The van der Waals surface area contributed by atoms with Crippen LogP contribution < -0.4 is 15.9 Å². The summed E-state index contributed by atoms with van der Waals surface area (Å²) in [4.78, 5) is 0. The highest BCUT2D eigenvalue weighted by Crippen LogP contribution is 2.59. The summed E-state index contributed by atoms with van der Waals surface area (Å²) in [5, 5.41) is 12.1. The maximum atomic E-state index is 2.51. The number of benzene rings is 10. The number of rotatable bonds is 6. The lowest BCUT2D eigenvalue weighted by molar-refractivity contribution is 1.62. The highest BCUT2D eigenvalue weighted by atomic mass is 32.1. The van der Waals surface area contributed by atoms with Crippen LogP contribution in [0.2, 0.25) is 0 Å². The molecule has 0 saturated heterocycles. The minimum atomic E-state index is -0.646. The van der Waals surface area contributed by atoms with E-state index in [0.717, 1.165) is 0 Å². The minimum absolute atomic E-state index is 0.646. The first-order valence-corrected chi connectivity index (χ1v) is 22.1. The molecule has 0 bridgehead atoms. The largest absolute Gasteiger partial charge is 0.135 e. The number of fused-ring (bicyclic) bond motifs is 8. The number of hydrogen-bond donors (Lipinski definition) is 0. The van der Waals surface area contributed by atoms with Crippen LogP contribution in [0.3, 0.4) is 0 Å². The van der Waals surface area contributed by atoms with Crippen LogP contribution in [0.5, 0.6) is 0 Å². The summed E-state index contributed by atoms with van der Waals surface area (Å²) >= 11 is 1.92. The van der Waals surface area contributed by atoms with Gasteiger partial charge in [0.15, 0.2) is 0 Å². The Morgan fingerprint density at radius 2 is 0.776 bits per heavy atom. The normalized spacial score (nSPS) is 11.9. The predicted molar refractivity (Wildman–Crippen MR) is 254 cm³/mol. The van der Waals surface area contributed by atoms with Crippen LogP contribution in [0.15, 0.2) is 212 Å². The summed E-state index contributed by atoms with van der Waals surface area (Å²) in [6.07, 6.45) is 0. The predicted octanol–water partition coefficient (Wildman–Crippen LogP) is 14.8. The Balaban J connectivity index is 1.04. The van der Waals surface area contributed by atoms with E-state index in [1.165, 1.54) is 113 Å². The maximum absolute atomic E-state index is 2.51. The van der Waals surface area contributed by atoms with Crippen molar-refractivity contribution in [3.8, 4) is 55.6 Å². The number of thiophene rings is 1. The first-order chi connectivity index (χ1) is 28.8. The lowest BCUT2D eigenvalue weighted by Crippen LogP contribution is -2.20. The van der Waals surface area contributed by atoms with Crippen molar-refractivity contribution in [1.29, 1.82) is 0 Å². The molecule has 0 atom stereocenters. The summed E-state index contributed by atoms with van der Waals surface area (Å²) in [6, 6.07) is 78.9. The monoisotopic (exact) mass is 770 g/mol. The summed E-state index contributed by atoms with van der Waals surface area (Å²) in [6.45, 7) is 0. The molecular formula is C56H35PS. The molecule has 0 radical (unpaired) electrons. The molecule has 0 fully saturated rings. The molecule has 11 aromatic rings. The lowest BCUT2D eigenvalue weighted by atomic mass is 9.82. The molecule has 2 heteroatoms. The second kappa shape index (κ2) is 13.5. The molecule has 0 aliphatic heterocycles. The first-order valence-electron chi connectivity index (χ1n) is 19.9. The molecule has 0 nitrogen and oxygen atoms in total. The van der Waals surface area contributed by atoms with Gasteiger partial charge in [0.1, 0.15) is 0 Å². The second-order valence-corrected chi connectivity index (χ2v) is 18.5. The van der Waals surface area contributed by atoms with Gasteiger partial charge < -0.3 is 0 Å². The average Bonchev–Trinajstić information content (AvgIpc) is 3.83. The lowest BCUT2D eigenvalue weighted by Gasteiger charge is -2.20. The third kappa shape index (κ3) is 5.18. The molecule has 0 spiro atoms. The van der Waals surface area contributed by atoms with E-state index in [2.05, 4.69) is 212 Å². The summed E-state index contributed by atoms with van der Waals surface area (Å²) in [5.41, 5.74) is 13.0. The van der Waals surface area contributed by atoms with Gasteiger partial charge in [-0.05, 0) is 113 Å². The molecule has 0 saturated carbocycles. The quantitative estimate of drug-likeness (QED) is 0.148. The Morgan fingerprint density at radius 1 is 0.276 bits per heavy atom. The Labute approximate surface area is 343 Å². The van der Waals surface area contributed by atoms with Crippen molar-refractivity contribution in [2.24, 2.45) is 0 Å². The Bertz CT molecular complexity index is 3310. The first kappa shape index (κ1) is 33.5. The molecule has 58 heavy (non-hydrogen) atoms. The van der Waals surface area contributed by atoms with Crippen LogP contribution in [0.1, 0.15) is 0 Å². The van der Waals surface area contributed by atoms with Gasteiger partial charge in [0.05, 0.1) is 0 Å². The van der Waals surface area contributed by atoms with E-state index in [4.69, 9.17) is 0 Å². The van der Waals surface area contributed by atoms with Crippen LogP contribution in [-0.2, 0) is 0 Å². The second-order valence-electron chi connectivity index (χ2n) is 15.2. The summed E-state index contributed by atoms with van der Waals surface area (Å²) in [5.74, 6) is 0. The molecule has 270 valence electrons. The molecule has 0 amide bonds. The van der Waals surface area contributed by atoms with E-state index in [1.807, 2.05) is 11.3 Å². The molecule has 0 N–H and O–H groups in total. The molecule has 1 aromatic heterocycles. The van der Waals surface area contributed by atoms with Gasteiger partial charge in [0.25, 0.3) is 0 Å². The van der Waals surface area contributed by atoms with Crippen molar-refractivity contribution in [3.05, 3.63) is 212 Å². The van der Waals surface area contributed by atoms with Gasteiger partial charge in [-0.2, -0.15) is 0 Å². The highest BCUT2D eigenvalue weighted by Gasteiger charge is 2.31. The van der Waals surface area contributed by atoms with Crippen LogP contribution in [0.4, 0.5) is 0 Å². The van der Waals surface area contributed by atoms with Crippen molar-refractivity contribution >= 4 is 76.9 Å². The summed E-state index contributed by atoms with van der Waals surface area (Å²) in [7, 11) is -0.646. The van der Waals surface area contributed by atoms with E-state index >= 15 is 0 Å². The van der Waals surface area contributed by atoms with Crippen molar-refractivity contribution in [2.75, 3.05) is 0 Å². The fourth-order valence-electron chi connectivity index (χ4n) is 9.52. The standard InChI is InChI=1S/C56H35PS/c1-5-16-37(17-6-1)51-43-24-13-14-25-44(43)52(38-18-7-2-8-19-38)56-48-35-50-54(46-26-15-27-47(53(46)48)55(51)56)45-33-30-39(34-49(45)58-50)36-28-31-42(32-29-36)57(40-20-9-3-10-21-40)41-22-11-4-12-23-41/h1-35H. The molecule has 1 aliphatic carbocycles. The fourth-order valence-corrected chi connectivity index (χ4v) is 13.0. The Morgan fingerprint density at radius 3 is 1.38 bits per heavy atom. The molecule has 1 aliphatic rings. The average molecular weight is 771 g/mol. The molecule has 1 heterocycles. The Hall–Kier alpha value is -6.63. The number of hydrogen-bond acceptors (Lipinski definition) is 1. The highest BCUT2D eigenvalue weighted by molar-refractivity contribution is 7.79. The van der Waals surface area contributed by atoms with Crippen molar-refractivity contribution in [2.45, 2.75) is 0 Å².